The molecule has 0 aliphatic carbocycles. The van der Waals surface area contributed by atoms with Gasteiger partial charge in [0.2, 0.25) is 0 Å². The van der Waals surface area contributed by atoms with Crippen LogP contribution in [0.2, 0.25) is 0 Å². The maximum absolute atomic E-state index is 5.50. The molecular formula is C9H13N. The van der Waals surface area contributed by atoms with E-state index in [2.05, 4.69) is 44.8 Å². The van der Waals surface area contributed by atoms with Crippen molar-refractivity contribution >= 4 is 6.72 Å². The van der Waals surface area contributed by atoms with Gasteiger partial charge in [0, 0.05) is 0 Å². The van der Waals surface area contributed by atoms with E-state index in [0.717, 1.165) is 0 Å². The number of nitrogens with one attached hydrogen (secondary N) is 1. The molecule has 1 heteroatoms. The number of hydrogen-bond donors (Lipinski definition) is 1. The molecule has 54 valence electrons. The molecule has 0 saturated heterocycles. The monoisotopic (exact) mass is 135 g/mol. The van der Waals surface area contributed by atoms with Crippen molar-refractivity contribution in [2.75, 3.05) is 0 Å². The van der Waals surface area contributed by atoms with Gasteiger partial charge in [-0.05, 0) is 20.6 Å². The predicted molar refractivity (Wildman–Crippen MR) is 45.8 cm³/mol. The molecule has 0 aliphatic heterocycles. The van der Waals surface area contributed by atoms with Crippen LogP contribution in [0.25, 0.3) is 0 Å². The minimum Gasteiger partial charge on any atom is -0.317 e. The van der Waals surface area contributed by atoms with Crippen molar-refractivity contribution in [2.45, 2.75) is 13.8 Å². The van der Waals surface area contributed by atoms with Crippen LogP contribution >= 0.6 is 0 Å². The molecule has 1 aromatic rings. The summed E-state index contributed by atoms with van der Waals surface area (Å²) in [7, 11) is 0. The zero-order valence-electron chi connectivity index (χ0n) is 6.52. The van der Waals surface area contributed by atoms with Gasteiger partial charge in [-0.15, -0.1) is 0 Å². The molecule has 1 aromatic carbocycles. The molecule has 1 rings (SSSR count). The van der Waals surface area contributed by atoms with Crippen LogP contribution in [-0.2, 0) is 0 Å². The van der Waals surface area contributed by atoms with Crippen LogP contribution in [0.5, 0.6) is 0 Å². The lowest BCUT2D eigenvalue weighted by atomic mass is 10.2. The fraction of sp³-hybridized carbons (Fsp3) is 0.222. The number of benzene rings is 1. The lowest BCUT2D eigenvalue weighted by molar-refractivity contribution is 1.40. The summed E-state index contributed by atoms with van der Waals surface area (Å²) in [5, 5.41) is 5.50. The van der Waals surface area contributed by atoms with Crippen molar-refractivity contribution < 1.29 is 0 Å². The largest absolute Gasteiger partial charge is 0.317 e. The molecule has 1 nitrogen and oxygen atoms in total. The van der Waals surface area contributed by atoms with Gasteiger partial charge in [0.1, 0.15) is 0 Å². The second-order valence-electron chi connectivity index (χ2n) is 2.15. The molecule has 0 unspecified atom stereocenters. The van der Waals surface area contributed by atoms with E-state index in [1.807, 2.05) is 0 Å². The van der Waals surface area contributed by atoms with Crippen LogP contribution < -0.4 is 0 Å². The Hall–Kier alpha value is -1.11. The minimum absolute atomic E-state index is 1.33. The van der Waals surface area contributed by atoms with Crippen LogP contribution in [0, 0.1) is 19.3 Å². The first kappa shape index (κ1) is 8.89. The van der Waals surface area contributed by atoms with E-state index in [0.29, 0.717) is 0 Å². The van der Waals surface area contributed by atoms with Crippen molar-refractivity contribution in [3.8, 4) is 0 Å². The number of aryl methyl sites for hydroxylation is 2. The molecule has 0 atom stereocenters. The van der Waals surface area contributed by atoms with Gasteiger partial charge in [0.25, 0.3) is 0 Å². The highest BCUT2D eigenvalue weighted by Crippen LogP contribution is 1.99. The van der Waals surface area contributed by atoms with E-state index in [1.165, 1.54) is 11.1 Å². The summed E-state index contributed by atoms with van der Waals surface area (Å²) in [4.78, 5) is 0. The van der Waals surface area contributed by atoms with E-state index in [9.17, 15) is 0 Å². The summed E-state index contributed by atoms with van der Waals surface area (Å²) in [5.41, 5.74) is 2.66. The standard InChI is InChI=1S/C8H10.CH3N/c1-7-3-5-8(2)6-4-7;1-2/h3-6H,1-2H3;2H,1H2. The second-order valence-corrected chi connectivity index (χ2v) is 2.15. The Morgan fingerprint density at radius 1 is 0.900 bits per heavy atom. The number of hydrogen-bond acceptors (Lipinski definition) is 1. The van der Waals surface area contributed by atoms with Crippen LogP contribution in [0.3, 0.4) is 0 Å². The molecule has 0 heterocycles. The first-order chi connectivity index (χ1) is 4.79. The van der Waals surface area contributed by atoms with Crippen LogP contribution in [0.1, 0.15) is 11.1 Å². The average molecular weight is 135 g/mol. The Balaban J connectivity index is 0.000000371. The van der Waals surface area contributed by atoms with Crippen molar-refractivity contribution in [3.63, 3.8) is 0 Å². The summed E-state index contributed by atoms with van der Waals surface area (Å²) in [6, 6.07) is 8.48. The molecular weight excluding hydrogens is 122 g/mol. The Morgan fingerprint density at radius 2 is 1.10 bits per heavy atom. The topological polar surface area (TPSA) is 23.9 Å². The highest BCUT2D eigenvalue weighted by Gasteiger charge is 1.79. The molecule has 10 heavy (non-hydrogen) atoms. The molecule has 0 fully saturated rings. The molecule has 1 N–H and O–H groups in total. The molecule has 0 radical (unpaired) electrons. The third kappa shape index (κ3) is 3.02. The van der Waals surface area contributed by atoms with Gasteiger partial charge in [-0.25, -0.2) is 0 Å². The van der Waals surface area contributed by atoms with Gasteiger partial charge >= 0.3 is 0 Å². The van der Waals surface area contributed by atoms with E-state index in [1.54, 1.807) is 0 Å². The van der Waals surface area contributed by atoms with Gasteiger partial charge < -0.3 is 5.41 Å². The zero-order valence-corrected chi connectivity index (χ0v) is 6.52. The fourth-order valence-electron chi connectivity index (χ4n) is 0.637. The first-order valence-electron chi connectivity index (χ1n) is 3.17. The summed E-state index contributed by atoms with van der Waals surface area (Å²) >= 11 is 0. The van der Waals surface area contributed by atoms with Crippen LogP contribution in [0.15, 0.2) is 24.3 Å². The Kier molecular flexibility index (Phi) is 4.21. The molecule has 0 aliphatic rings. The van der Waals surface area contributed by atoms with Gasteiger partial charge in [-0.3, -0.25) is 0 Å². The van der Waals surface area contributed by atoms with E-state index >= 15 is 0 Å². The third-order valence-electron chi connectivity index (χ3n) is 1.22. The second kappa shape index (κ2) is 4.74. The van der Waals surface area contributed by atoms with Crippen LogP contribution in [-0.4, -0.2) is 6.72 Å². The van der Waals surface area contributed by atoms with Gasteiger partial charge in [0.05, 0.1) is 0 Å². The van der Waals surface area contributed by atoms with Gasteiger partial charge in [-0.2, -0.15) is 0 Å². The van der Waals surface area contributed by atoms with Crippen LogP contribution in [0.4, 0.5) is 0 Å². The fourth-order valence-corrected chi connectivity index (χ4v) is 0.637. The summed E-state index contributed by atoms with van der Waals surface area (Å²) in [5.74, 6) is 0. The Morgan fingerprint density at radius 3 is 1.30 bits per heavy atom. The maximum Gasteiger partial charge on any atom is -0.0187 e. The Labute approximate surface area is 62.2 Å². The SMILES string of the molecule is C=N.Cc1ccc(C)cc1. The highest BCUT2D eigenvalue weighted by atomic mass is 14.2. The maximum atomic E-state index is 5.50. The molecule has 0 aromatic heterocycles. The number of rotatable bonds is 0. The lowest BCUT2D eigenvalue weighted by Gasteiger charge is -1.90. The van der Waals surface area contributed by atoms with Gasteiger partial charge in [-0.1, -0.05) is 35.4 Å². The first-order valence-corrected chi connectivity index (χ1v) is 3.17. The normalized spacial score (nSPS) is 7.80. The summed E-state index contributed by atoms with van der Waals surface area (Å²) in [6.07, 6.45) is 0. The summed E-state index contributed by atoms with van der Waals surface area (Å²) < 4.78 is 0. The quantitative estimate of drug-likeness (QED) is 0.529. The molecule has 0 amide bonds. The van der Waals surface area contributed by atoms with Crippen molar-refractivity contribution in [2.24, 2.45) is 0 Å². The zero-order chi connectivity index (χ0) is 7.98. The molecule has 0 spiro atoms. The Bertz CT molecular complexity index is 155. The van der Waals surface area contributed by atoms with Gasteiger partial charge in [0.15, 0.2) is 0 Å². The van der Waals surface area contributed by atoms with Crippen molar-refractivity contribution in [1.29, 1.82) is 5.41 Å². The predicted octanol–water partition coefficient (Wildman–Crippen LogP) is 2.57. The molecule has 0 bridgehead atoms. The third-order valence-corrected chi connectivity index (χ3v) is 1.22. The minimum atomic E-state index is 1.33. The van der Waals surface area contributed by atoms with Crippen molar-refractivity contribution in [1.82, 2.24) is 0 Å². The smallest absolute Gasteiger partial charge is 0.0187 e. The lowest BCUT2D eigenvalue weighted by Crippen LogP contribution is -1.70. The highest BCUT2D eigenvalue weighted by molar-refractivity contribution is 5.19. The van der Waals surface area contributed by atoms with E-state index in [-0.39, 0.29) is 0 Å². The van der Waals surface area contributed by atoms with E-state index in [4.69, 9.17) is 5.41 Å². The van der Waals surface area contributed by atoms with Crippen molar-refractivity contribution in [3.05, 3.63) is 35.4 Å². The summed E-state index contributed by atoms with van der Waals surface area (Å²) in [6.45, 7) is 6.69. The van der Waals surface area contributed by atoms with E-state index < -0.39 is 0 Å². The average Bonchev–Trinajstić information content (AvgIpc) is 2.00. The molecule has 0 saturated carbocycles.